The maximum absolute atomic E-state index is 3.76. The van der Waals surface area contributed by atoms with Crippen molar-refractivity contribution in [2.24, 2.45) is 0 Å². The van der Waals surface area contributed by atoms with Gasteiger partial charge in [-0.1, -0.05) is 116 Å². The van der Waals surface area contributed by atoms with E-state index in [1.807, 2.05) is 17.8 Å². The second-order valence-corrected chi connectivity index (χ2v) is 8.17. The smallest absolute Gasteiger partial charge is 0.0110 e. The molecule has 0 aromatic rings. The molecule has 0 bridgehead atoms. The average molecular weight is 341 g/mol. The van der Waals surface area contributed by atoms with Crippen molar-refractivity contribution < 1.29 is 0 Å². The van der Waals surface area contributed by atoms with Gasteiger partial charge >= 0.3 is 0 Å². The van der Waals surface area contributed by atoms with E-state index in [1.54, 1.807) is 0 Å². The first-order valence-corrected chi connectivity index (χ1v) is 11.8. The van der Waals surface area contributed by atoms with E-state index >= 15 is 0 Å². The Morgan fingerprint density at radius 1 is 0.565 bits per heavy atom. The highest BCUT2D eigenvalue weighted by molar-refractivity contribution is 7.99. The summed E-state index contributed by atoms with van der Waals surface area (Å²) in [7, 11) is 0. The Hall–Kier alpha value is 0.0900. The normalized spacial score (nSPS) is 11.0. The summed E-state index contributed by atoms with van der Waals surface area (Å²) >= 11 is 2.02. The van der Waals surface area contributed by atoms with Gasteiger partial charge in [0.15, 0.2) is 0 Å². The predicted octanol–water partition coefficient (Wildman–Crippen LogP) is 8.56. The minimum absolute atomic E-state index is 1.12. The van der Waals surface area contributed by atoms with Gasteiger partial charge in [0.2, 0.25) is 0 Å². The molecule has 0 atom stereocenters. The molecule has 1 heteroatoms. The zero-order chi connectivity index (χ0) is 16.8. The van der Waals surface area contributed by atoms with E-state index < -0.39 is 0 Å². The number of hydrogen-bond donors (Lipinski definition) is 0. The van der Waals surface area contributed by atoms with Crippen molar-refractivity contribution in [1.82, 2.24) is 0 Å². The lowest BCUT2D eigenvalue weighted by Gasteiger charge is -2.03. The van der Waals surface area contributed by atoms with Crippen molar-refractivity contribution >= 4 is 11.8 Å². The van der Waals surface area contributed by atoms with Crippen LogP contribution in [0.1, 0.15) is 116 Å². The van der Waals surface area contributed by atoms with Gasteiger partial charge in [-0.15, -0.1) is 6.58 Å². The Morgan fingerprint density at radius 3 is 1.26 bits per heavy atom. The Labute approximate surface area is 152 Å². The zero-order valence-corrected chi connectivity index (χ0v) is 16.9. The zero-order valence-electron chi connectivity index (χ0n) is 16.1. The van der Waals surface area contributed by atoms with Crippen molar-refractivity contribution in [2.45, 2.75) is 116 Å². The van der Waals surface area contributed by atoms with E-state index in [0.29, 0.717) is 0 Å². The lowest BCUT2D eigenvalue weighted by atomic mass is 10.0. The molecule has 0 fully saturated rings. The third-order valence-corrected chi connectivity index (χ3v) is 5.68. The third kappa shape index (κ3) is 22.1. The van der Waals surface area contributed by atoms with Crippen LogP contribution in [-0.4, -0.2) is 11.5 Å². The molecule has 0 saturated heterocycles. The second-order valence-electron chi connectivity index (χ2n) is 7.02. The number of rotatable bonds is 20. The van der Waals surface area contributed by atoms with Gasteiger partial charge in [0, 0.05) is 5.75 Å². The summed E-state index contributed by atoms with van der Waals surface area (Å²) in [4.78, 5) is 0. The molecule has 0 N–H and O–H groups in total. The largest absolute Gasteiger partial charge is 0.158 e. The van der Waals surface area contributed by atoms with Crippen molar-refractivity contribution in [3.63, 3.8) is 0 Å². The molecule has 0 unspecified atom stereocenters. The number of unbranched alkanes of at least 4 members (excludes halogenated alkanes) is 16. The van der Waals surface area contributed by atoms with Crippen molar-refractivity contribution in [3.8, 4) is 0 Å². The maximum atomic E-state index is 3.76. The molecular weight excluding hydrogens is 296 g/mol. The molecule has 0 saturated carbocycles. The summed E-state index contributed by atoms with van der Waals surface area (Å²) in [5.74, 6) is 2.45. The van der Waals surface area contributed by atoms with Gasteiger partial charge in [0.1, 0.15) is 0 Å². The minimum atomic E-state index is 1.12. The van der Waals surface area contributed by atoms with E-state index in [0.717, 1.165) is 5.75 Å². The molecule has 0 aliphatic carbocycles. The Balaban J connectivity index is 2.93. The van der Waals surface area contributed by atoms with Crippen molar-refractivity contribution in [1.29, 1.82) is 0 Å². The molecule has 0 amide bonds. The fourth-order valence-corrected chi connectivity index (χ4v) is 3.84. The minimum Gasteiger partial charge on any atom is -0.158 e. The van der Waals surface area contributed by atoms with Crippen LogP contribution < -0.4 is 0 Å². The van der Waals surface area contributed by atoms with Gasteiger partial charge in [-0.3, -0.25) is 0 Å². The Kier molecular flexibility index (Phi) is 22.2. The van der Waals surface area contributed by atoms with Crippen LogP contribution in [-0.2, 0) is 0 Å². The molecule has 0 aromatic carbocycles. The monoisotopic (exact) mass is 340 g/mol. The van der Waals surface area contributed by atoms with E-state index in [-0.39, 0.29) is 0 Å². The molecule has 0 spiro atoms. The van der Waals surface area contributed by atoms with Gasteiger partial charge in [0.05, 0.1) is 0 Å². The Morgan fingerprint density at radius 2 is 0.913 bits per heavy atom. The first kappa shape index (κ1) is 23.1. The summed E-state index contributed by atoms with van der Waals surface area (Å²) in [6.07, 6.45) is 26.8. The summed E-state index contributed by atoms with van der Waals surface area (Å²) in [5, 5.41) is 0. The topological polar surface area (TPSA) is 0 Å². The van der Waals surface area contributed by atoms with Gasteiger partial charge in [0.25, 0.3) is 0 Å². The SMILES string of the molecule is C=CCSCCCCCCCCCCCCCCCCCCC. The maximum Gasteiger partial charge on any atom is 0.0110 e. The van der Waals surface area contributed by atoms with Gasteiger partial charge < -0.3 is 0 Å². The summed E-state index contributed by atoms with van der Waals surface area (Å²) in [6.45, 7) is 6.05. The van der Waals surface area contributed by atoms with Crippen molar-refractivity contribution in [3.05, 3.63) is 12.7 Å². The molecule has 138 valence electrons. The van der Waals surface area contributed by atoms with Crippen LogP contribution >= 0.6 is 11.8 Å². The number of hydrogen-bond acceptors (Lipinski definition) is 1. The fraction of sp³-hybridized carbons (Fsp3) is 0.909. The highest BCUT2D eigenvalue weighted by atomic mass is 32.2. The molecule has 0 heterocycles. The standard InChI is InChI=1S/C22H44S/c1-3-5-6-7-8-9-10-11-12-13-14-15-16-17-18-19-20-22-23-21-4-2/h4H,2-3,5-22H2,1H3. The second kappa shape index (κ2) is 22.1. The van der Waals surface area contributed by atoms with Crippen molar-refractivity contribution in [2.75, 3.05) is 11.5 Å². The molecule has 0 nitrogen and oxygen atoms in total. The molecule has 0 aliphatic heterocycles. The molecule has 0 aliphatic rings. The quantitative estimate of drug-likeness (QED) is 0.158. The summed E-state index contributed by atoms with van der Waals surface area (Å²) in [5.41, 5.74) is 0. The van der Waals surface area contributed by atoms with Gasteiger partial charge in [-0.05, 0) is 12.2 Å². The van der Waals surface area contributed by atoms with E-state index in [2.05, 4.69) is 13.5 Å². The molecule has 23 heavy (non-hydrogen) atoms. The molecule has 0 radical (unpaired) electrons. The highest BCUT2D eigenvalue weighted by Crippen LogP contribution is 2.14. The molecule has 0 aromatic heterocycles. The molecule has 0 rings (SSSR count). The average Bonchev–Trinajstić information content (AvgIpc) is 2.57. The molecular formula is C22H44S. The highest BCUT2D eigenvalue weighted by Gasteiger charge is 1.95. The van der Waals surface area contributed by atoms with Crippen LogP contribution in [0.15, 0.2) is 12.7 Å². The van der Waals surface area contributed by atoms with Crippen LogP contribution in [0.2, 0.25) is 0 Å². The van der Waals surface area contributed by atoms with Gasteiger partial charge in [-0.2, -0.15) is 11.8 Å². The van der Waals surface area contributed by atoms with Gasteiger partial charge in [-0.25, -0.2) is 0 Å². The van der Waals surface area contributed by atoms with E-state index in [9.17, 15) is 0 Å². The van der Waals surface area contributed by atoms with Crippen LogP contribution in [0.3, 0.4) is 0 Å². The Bertz CT molecular complexity index is 212. The first-order chi connectivity index (χ1) is 11.4. The predicted molar refractivity (Wildman–Crippen MR) is 112 cm³/mol. The van der Waals surface area contributed by atoms with Crippen LogP contribution in [0.4, 0.5) is 0 Å². The van der Waals surface area contributed by atoms with E-state index in [1.165, 1.54) is 115 Å². The van der Waals surface area contributed by atoms with Crippen LogP contribution in [0.5, 0.6) is 0 Å². The summed E-state index contributed by atoms with van der Waals surface area (Å²) in [6, 6.07) is 0. The fourth-order valence-electron chi connectivity index (χ4n) is 3.10. The van der Waals surface area contributed by atoms with Crippen LogP contribution in [0.25, 0.3) is 0 Å². The lowest BCUT2D eigenvalue weighted by molar-refractivity contribution is 0.529. The van der Waals surface area contributed by atoms with E-state index in [4.69, 9.17) is 0 Å². The number of thioether (sulfide) groups is 1. The first-order valence-electron chi connectivity index (χ1n) is 10.6. The lowest BCUT2D eigenvalue weighted by Crippen LogP contribution is -1.85. The summed E-state index contributed by atoms with van der Waals surface area (Å²) < 4.78 is 0. The third-order valence-electron chi connectivity index (χ3n) is 4.63. The van der Waals surface area contributed by atoms with Crippen LogP contribution in [0, 0.1) is 0 Å².